The summed E-state index contributed by atoms with van der Waals surface area (Å²) >= 11 is 0. The average Bonchev–Trinajstić information content (AvgIpc) is 3.01. The number of H-pyrrole nitrogens is 1. The zero-order valence-electron chi connectivity index (χ0n) is 12.7. The summed E-state index contributed by atoms with van der Waals surface area (Å²) in [6.45, 7) is 5.45. The Bertz CT molecular complexity index is 628. The number of rotatable bonds is 3. The predicted molar refractivity (Wildman–Crippen MR) is 83.3 cm³/mol. The van der Waals surface area contributed by atoms with Gasteiger partial charge in [0.2, 0.25) is 0 Å². The molecule has 3 rings (SSSR count). The van der Waals surface area contributed by atoms with E-state index in [4.69, 9.17) is 0 Å². The number of carbonyl (C=O) groups is 1. The minimum Gasteiger partial charge on any atom is -0.339 e. The molecule has 1 aromatic heterocycles. The predicted octanol–water partition coefficient (Wildman–Crippen LogP) is 2.12. The molecule has 0 spiro atoms. The van der Waals surface area contributed by atoms with E-state index in [2.05, 4.69) is 22.0 Å². The van der Waals surface area contributed by atoms with Crippen molar-refractivity contribution in [3.8, 4) is 0 Å². The van der Waals surface area contributed by atoms with E-state index < -0.39 is 0 Å². The molecule has 0 radical (unpaired) electrons. The molecule has 5 heteroatoms. The van der Waals surface area contributed by atoms with Crippen LogP contribution in [0, 0.1) is 0 Å². The van der Waals surface area contributed by atoms with Gasteiger partial charge in [-0.25, -0.2) is 0 Å². The lowest BCUT2D eigenvalue weighted by molar-refractivity contribution is 0.0647. The Morgan fingerprint density at radius 3 is 2.90 bits per heavy atom. The lowest BCUT2D eigenvalue weighted by Crippen LogP contribution is -2.45. The molecule has 1 fully saturated rings. The highest BCUT2D eigenvalue weighted by molar-refractivity contribution is 5.97. The molecule has 1 aliphatic rings. The number of piperidine rings is 1. The van der Waals surface area contributed by atoms with Crippen molar-refractivity contribution in [1.29, 1.82) is 0 Å². The molecule has 1 N–H and O–H groups in total. The van der Waals surface area contributed by atoms with Gasteiger partial charge in [-0.1, -0.05) is 13.0 Å². The number of hydrogen-bond acceptors (Lipinski definition) is 3. The van der Waals surface area contributed by atoms with Gasteiger partial charge in [0.1, 0.15) is 0 Å². The quantitative estimate of drug-likeness (QED) is 0.940. The summed E-state index contributed by atoms with van der Waals surface area (Å²) < 4.78 is 0. The number of benzene rings is 1. The van der Waals surface area contributed by atoms with Crippen molar-refractivity contribution in [1.82, 2.24) is 20.0 Å². The highest BCUT2D eigenvalue weighted by Crippen LogP contribution is 2.19. The molecule has 21 heavy (non-hydrogen) atoms. The van der Waals surface area contributed by atoms with Crippen LogP contribution in [-0.2, 0) is 0 Å². The summed E-state index contributed by atoms with van der Waals surface area (Å²) in [6, 6.07) is 6.07. The highest BCUT2D eigenvalue weighted by atomic mass is 16.2. The van der Waals surface area contributed by atoms with Crippen molar-refractivity contribution in [3.63, 3.8) is 0 Å². The molecular formula is C16H22N4O. The van der Waals surface area contributed by atoms with Gasteiger partial charge >= 0.3 is 0 Å². The molecule has 0 bridgehead atoms. The fourth-order valence-electron chi connectivity index (χ4n) is 3.06. The van der Waals surface area contributed by atoms with Gasteiger partial charge in [0.05, 0.1) is 11.7 Å². The van der Waals surface area contributed by atoms with Crippen molar-refractivity contribution >= 4 is 16.8 Å². The second-order valence-electron chi connectivity index (χ2n) is 5.75. The van der Waals surface area contributed by atoms with Crippen LogP contribution in [0.25, 0.3) is 10.9 Å². The molecular weight excluding hydrogens is 264 g/mol. The second-order valence-corrected chi connectivity index (χ2v) is 5.75. The second kappa shape index (κ2) is 5.85. The largest absolute Gasteiger partial charge is 0.339 e. The zero-order chi connectivity index (χ0) is 14.8. The standard InChI is InChI=1S/C16H22N4O/c1-3-20-8-6-14(7-9-20)19(2)16(21)12-4-5-13-11-17-18-15(13)10-12/h4-5,10-11,14H,3,6-9H2,1-2H3,(H,17,18). The number of nitrogens with zero attached hydrogens (tertiary/aromatic N) is 3. The maximum atomic E-state index is 12.6. The van der Waals surface area contributed by atoms with E-state index in [-0.39, 0.29) is 5.91 Å². The highest BCUT2D eigenvalue weighted by Gasteiger charge is 2.25. The molecule has 1 aliphatic heterocycles. The van der Waals surface area contributed by atoms with Gasteiger partial charge in [-0.05, 0) is 31.5 Å². The third kappa shape index (κ3) is 2.78. The molecule has 1 saturated heterocycles. The summed E-state index contributed by atoms with van der Waals surface area (Å²) in [5, 5.41) is 7.95. The average molecular weight is 286 g/mol. The normalized spacial score (nSPS) is 17.2. The van der Waals surface area contributed by atoms with Gasteiger partial charge in [-0.15, -0.1) is 0 Å². The molecule has 2 aromatic rings. The Kier molecular flexibility index (Phi) is 3.92. The molecule has 0 atom stereocenters. The Morgan fingerprint density at radius 1 is 1.43 bits per heavy atom. The van der Waals surface area contributed by atoms with Crippen LogP contribution in [0.3, 0.4) is 0 Å². The number of nitrogens with one attached hydrogen (secondary N) is 1. The summed E-state index contributed by atoms with van der Waals surface area (Å²) in [5.74, 6) is 0.0986. The molecule has 5 nitrogen and oxygen atoms in total. The lowest BCUT2D eigenvalue weighted by atomic mass is 10.0. The van der Waals surface area contributed by atoms with Crippen LogP contribution in [-0.4, -0.2) is 58.6 Å². The summed E-state index contributed by atoms with van der Waals surface area (Å²) in [4.78, 5) is 17.0. The first-order valence-corrected chi connectivity index (χ1v) is 7.61. The van der Waals surface area contributed by atoms with Gasteiger partial charge in [0, 0.05) is 37.1 Å². The van der Waals surface area contributed by atoms with E-state index in [0.717, 1.165) is 48.9 Å². The van der Waals surface area contributed by atoms with E-state index >= 15 is 0 Å². The Balaban J connectivity index is 1.72. The van der Waals surface area contributed by atoms with Gasteiger partial charge in [0.25, 0.3) is 5.91 Å². The molecule has 0 saturated carbocycles. The van der Waals surface area contributed by atoms with E-state index in [9.17, 15) is 4.79 Å². The summed E-state index contributed by atoms with van der Waals surface area (Å²) in [7, 11) is 1.92. The van der Waals surface area contributed by atoms with Crippen molar-refractivity contribution in [2.45, 2.75) is 25.8 Å². The van der Waals surface area contributed by atoms with Crippen LogP contribution in [0.2, 0.25) is 0 Å². The number of aromatic nitrogens is 2. The van der Waals surface area contributed by atoms with Crippen LogP contribution in [0.4, 0.5) is 0 Å². The van der Waals surface area contributed by atoms with Crippen LogP contribution >= 0.6 is 0 Å². The van der Waals surface area contributed by atoms with Crippen LogP contribution in [0.15, 0.2) is 24.4 Å². The first-order chi connectivity index (χ1) is 10.2. The number of hydrogen-bond donors (Lipinski definition) is 1. The van der Waals surface area contributed by atoms with Crippen molar-refractivity contribution in [2.24, 2.45) is 0 Å². The van der Waals surface area contributed by atoms with Gasteiger partial charge < -0.3 is 9.80 Å². The van der Waals surface area contributed by atoms with E-state index in [1.807, 2.05) is 30.1 Å². The van der Waals surface area contributed by atoms with Crippen LogP contribution in [0.1, 0.15) is 30.1 Å². The SMILES string of the molecule is CCN1CCC(N(C)C(=O)c2ccc3cn[nH]c3c2)CC1. The fraction of sp³-hybridized carbons (Fsp3) is 0.500. The molecule has 112 valence electrons. The molecule has 0 aliphatic carbocycles. The monoisotopic (exact) mass is 286 g/mol. The lowest BCUT2D eigenvalue weighted by Gasteiger charge is -2.36. The summed E-state index contributed by atoms with van der Waals surface area (Å²) in [5.41, 5.74) is 1.64. The maximum absolute atomic E-state index is 12.6. The maximum Gasteiger partial charge on any atom is 0.253 e. The third-order valence-corrected chi connectivity index (χ3v) is 4.56. The van der Waals surface area contributed by atoms with Gasteiger partial charge in [-0.3, -0.25) is 9.89 Å². The number of likely N-dealkylation sites (tertiary alicyclic amines) is 1. The molecule has 0 unspecified atom stereocenters. The van der Waals surface area contributed by atoms with E-state index in [1.54, 1.807) is 6.20 Å². The van der Waals surface area contributed by atoms with Gasteiger partial charge in [0.15, 0.2) is 0 Å². The van der Waals surface area contributed by atoms with E-state index in [1.165, 1.54) is 0 Å². The van der Waals surface area contributed by atoms with Crippen molar-refractivity contribution in [2.75, 3.05) is 26.7 Å². The minimum atomic E-state index is 0.0986. The Hall–Kier alpha value is -1.88. The number of amides is 1. The molecule has 1 aromatic carbocycles. The topological polar surface area (TPSA) is 52.2 Å². The Morgan fingerprint density at radius 2 is 2.19 bits per heavy atom. The van der Waals surface area contributed by atoms with E-state index in [0.29, 0.717) is 6.04 Å². The first kappa shape index (κ1) is 14.1. The number of aromatic amines is 1. The first-order valence-electron chi connectivity index (χ1n) is 7.61. The number of fused-ring (bicyclic) bond motifs is 1. The summed E-state index contributed by atoms with van der Waals surface area (Å²) in [6.07, 6.45) is 3.89. The van der Waals surface area contributed by atoms with Crippen LogP contribution in [0.5, 0.6) is 0 Å². The molecule has 2 heterocycles. The third-order valence-electron chi connectivity index (χ3n) is 4.56. The Labute approximate surface area is 124 Å². The molecule has 1 amide bonds. The van der Waals surface area contributed by atoms with Crippen molar-refractivity contribution < 1.29 is 4.79 Å². The zero-order valence-corrected chi connectivity index (χ0v) is 12.7. The fourth-order valence-corrected chi connectivity index (χ4v) is 3.06. The van der Waals surface area contributed by atoms with Gasteiger partial charge in [-0.2, -0.15) is 5.10 Å². The smallest absolute Gasteiger partial charge is 0.253 e. The van der Waals surface area contributed by atoms with Crippen LogP contribution < -0.4 is 0 Å². The minimum absolute atomic E-state index is 0.0986. The number of carbonyl (C=O) groups excluding carboxylic acids is 1. The van der Waals surface area contributed by atoms with Crippen molar-refractivity contribution in [3.05, 3.63) is 30.0 Å².